The van der Waals surface area contributed by atoms with Crippen molar-refractivity contribution in [2.75, 3.05) is 38.6 Å². The molecular weight excluding hydrogens is 500 g/mol. The summed E-state index contributed by atoms with van der Waals surface area (Å²) in [5.74, 6) is 7.61. The molecule has 2 fully saturated rings. The van der Waals surface area contributed by atoms with Gasteiger partial charge in [0, 0.05) is 30.9 Å². The Kier molecular flexibility index (Phi) is 9.95. The van der Waals surface area contributed by atoms with Gasteiger partial charge in [0.2, 0.25) is 0 Å². The van der Waals surface area contributed by atoms with Crippen LogP contribution >= 0.6 is 0 Å². The topological polar surface area (TPSA) is 94.1 Å². The van der Waals surface area contributed by atoms with E-state index in [1.165, 1.54) is 6.34 Å². The maximum absolute atomic E-state index is 6.23. The Labute approximate surface area is 238 Å². The first-order valence-corrected chi connectivity index (χ1v) is 13.9. The van der Waals surface area contributed by atoms with E-state index in [-0.39, 0.29) is 12.1 Å². The number of anilines is 1. The monoisotopic (exact) mass is 540 g/mol. The molecule has 4 aliphatic heterocycles. The summed E-state index contributed by atoms with van der Waals surface area (Å²) in [5, 5.41) is 12.0. The summed E-state index contributed by atoms with van der Waals surface area (Å²) in [5.41, 5.74) is 9.87. The molecule has 0 amide bonds. The SMILES string of the molecule is C=C(Nc1ccc(C)c(C#CC2=NN(C3CN(C)C3)C3N=CN=C(N)C23)c1)N1CCCO1.CC.c1ccccc1. The van der Waals surface area contributed by atoms with Gasteiger partial charge in [-0.15, -0.1) is 0 Å². The van der Waals surface area contributed by atoms with Crippen LogP contribution in [0.5, 0.6) is 0 Å². The van der Waals surface area contributed by atoms with E-state index in [1.54, 1.807) is 5.06 Å². The fourth-order valence-electron chi connectivity index (χ4n) is 4.71. The van der Waals surface area contributed by atoms with E-state index < -0.39 is 0 Å². The molecule has 210 valence electrons. The highest BCUT2D eigenvalue weighted by atomic mass is 16.7. The van der Waals surface area contributed by atoms with Gasteiger partial charge in [-0.2, -0.15) is 5.10 Å². The van der Waals surface area contributed by atoms with Gasteiger partial charge < -0.3 is 16.0 Å². The van der Waals surface area contributed by atoms with E-state index in [1.807, 2.05) is 75.4 Å². The fourth-order valence-corrected chi connectivity index (χ4v) is 4.71. The van der Waals surface area contributed by atoms with E-state index in [9.17, 15) is 0 Å². The highest BCUT2D eigenvalue weighted by molar-refractivity contribution is 6.17. The number of hydrogen-bond acceptors (Lipinski definition) is 9. The van der Waals surface area contributed by atoms with Gasteiger partial charge in [0.1, 0.15) is 29.6 Å². The van der Waals surface area contributed by atoms with Crippen molar-refractivity contribution in [3.8, 4) is 11.8 Å². The Morgan fingerprint density at radius 3 is 2.42 bits per heavy atom. The van der Waals surface area contributed by atoms with Crippen molar-refractivity contribution in [3.63, 3.8) is 0 Å². The largest absolute Gasteiger partial charge is 0.386 e. The van der Waals surface area contributed by atoms with Crippen LogP contribution in [0.4, 0.5) is 5.69 Å². The quantitative estimate of drug-likeness (QED) is 0.572. The standard InChI is InChI=1S/C23H28N8O.C6H6.C2H6/c1-15-5-7-18(27-16(2)30-9-4-10-32-30)11-17(15)6-8-20-21-22(24)25-14-26-23(21)31(28-20)19-12-29(3)13-19;1-2-4-6-5-3-1;1-2/h5,7,11,14,19,21,23,27H,2,4,9-10,12-13H2,1,3H3,(H2,24,25,26);1-6H;1-2H3. The summed E-state index contributed by atoms with van der Waals surface area (Å²) < 4.78 is 0. The minimum Gasteiger partial charge on any atom is -0.386 e. The van der Waals surface area contributed by atoms with E-state index in [0.717, 1.165) is 61.0 Å². The number of benzene rings is 2. The number of amidine groups is 1. The van der Waals surface area contributed by atoms with Crippen molar-refractivity contribution in [2.45, 2.75) is 39.4 Å². The molecular formula is C31H40N8O. The van der Waals surface area contributed by atoms with Crippen molar-refractivity contribution < 1.29 is 4.84 Å². The summed E-state index contributed by atoms with van der Waals surface area (Å²) in [6.45, 7) is 13.6. The van der Waals surface area contributed by atoms with Gasteiger partial charge >= 0.3 is 0 Å². The van der Waals surface area contributed by atoms with E-state index in [0.29, 0.717) is 11.9 Å². The van der Waals surface area contributed by atoms with Crippen LogP contribution in [0, 0.1) is 24.7 Å². The molecule has 2 saturated heterocycles. The van der Waals surface area contributed by atoms with Crippen LogP contribution in [0.15, 0.2) is 82.1 Å². The molecule has 9 heteroatoms. The normalized spacial score (nSPS) is 21.3. The van der Waals surface area contributed by atoms with E-state index >= 15 is 0 Å². The minimum absolute atomic E-state index is 0.159. The number of likely N-dealkylation sites (tertiary alicyclic amines) is 1. The van der Waals surface area contributed by atoms with Gasteiger partial charge in [-0.3, -0.25) is 9.85 Å². The lowest BCUT2D eigenvalue weighted by Crippen LogP contribution is -2.58. The predicted molar refractivity (Wildman–Crippen MR) is 164 cm³/mol. The molecule has 0 aliphatic carbocycles. The molecule has 0 spiro atoms. The Balaban J connectivity index is 0.000000404. The molecule has 3 N–H and O–H groups in total. The second-order valence-electron chi connectivity index (χ2n) is 9.75. The average Bonchev–Trinajstić information content (AvgIpc) is 3.64. The van der Waals surface area contributed by atoms with Crippen LogP contribution in [0.1, 0.15) is 31.4 Å². The molecule has 0 saturated carbocycles. The number of hydrogen-bond donors (Lipinski definition) is 2. The average molecular weight is 541 g/mol. The third kappa shape index (κ3) is 6.89. The lowest BCUT2D eigenvalue weighted by molar-refractivity contribution is -0.0767. The number of nitrogens with one attached hydrogen (secondary N) is 1. The van der Waals surface area contributed by atoms with Gasteiger partial charge in [0.15, 0.2) is 6.17 Å². The van der Waals surface area contributed by atoms with Crippen molar-refractivity contribution in [3.05, 3.63) is 78.1 Å². The summed E-state index contributed by atoms with van der Waals surface area (Å²) >= 11 is 0. The molecule has 4 heterocycles. The summed E-state index contributed by atoms with van der Waals surface area (Å²) in [6, 6.07) is 18.4. The van der Waals surface area contributed by atoms with Gasteiger partial charge in [-0.25, -0.2) is 15.0 Å². The number of likely N-dealkylation sites (N-methyl/N-ethyl adjacent to an activating group) is 1. The summed E-state index contributed by atoms with van der Waals surface area (Å²) in [7, 11) is 2.10. The van der Waals surface area contributed by atoms with Gasteiger partial charge in [0.25, 0.3) is 0 Å². The Morgan fingerprint density at radius 1 is 1.10 bits per heavy atom. The zero-order chi connectivity index (χ0) is 28.5. The first kappa shape index (κ1) is 28.9. The third-order valence-electron chi connectivity index (χ3n) is 6.82. The Hall–Kier alpha value is -4.13. The van der Waals surface area contributed by atoms with Crippen molar-refractivity contribution >= 4 is 23.6 Å². The highest BCUT2D eigenvalue weighted by Crippen LogP contribution is 2.30. The molecule has 9 nitrogen and oxygen atoms in total. The number of fused-ring (bicyclic) bond motifs is 1. The minimum atomic E-state index is -0.202. The first-order valence-electron chi connectivity index (χ1n) is 13.9. The third-order valence-corrected chi connectivity index (χ3v) is 6.82. The van der Waals surface area contributed by atoms with E-state index in [4.69, 9.17) is 15.7 Å². The number of nitrogens with two attached hydrogens (primary N) is 1. The van der Waals surface area contributed by atoms with Crippen LogP contribution in [0.3, 0.4) is 0 Å². The van der Waals surface area contributed by atoms with Crippen molar-refractivity contribution in [1.29, 1.82) is 0 Å². The summed E-state index contributed by atoms with van der Waals surface area (Å²) in [6.07, 6.45) is 2.38. The van der Waals surface area contributed by atoms with Gasteiger partial charge in [0.05, 0.1) is 12.6 Å². The molecule has 4 aliphatic rings. The van der Waals surface area contributed by atoms with Crippen LogP contribution in [0.2, 0.25) is 0 Å². The lowest BCUT2D eigenvalue weighted by Gasteiger charge is -2.43. The lowest BCUT2D eigenvalue weighted by atomic mass is 9.97. The molecule has 2 aromatic rings. The number of nitrogens with zero attached hydrogens (tertiary/aromatic N) is 6. The number of hydroxylamine groups is 2. The van der Waals surface area contributed by atoms with Crippen molar-refractivity contribution in [1.82, 2.24) is 15.0 Å². The zero-order valence-electron chi connectivity index (χ0n) is 23.9. The zero-order valence-corrected chi connectivity index (χ0v) is 23.9. The molecule has 2 atom stereocenters. The molecule has 2 aromatic carbocycles. The van der Waals surface area contributed by atoms with Crippen LogP contribution < -0.4 is 11.1 Å². The van der Waals surface area contributed by atoms with Crippen LogP contribution in [-0.2, 0) is 4.84 Å². The molecule has 0 bridgehead atoms. The summed E-state index contributed by atoms with van der Waals surface area (Å²) in [4.78, 5) is 16.6. The number of rotatable bonds is 4. The van der Waals surface area contributed by atoms with E-state index in [2.05, 4.69) is 50.7 Å². The highest BCUT2D eigenvalue weighted by Gasteiger charge is 2.45. The number of aliphatic imine (C=N–C) groups is 2. The Bertz CT molecular complexity index is 1270. The van der Waals surface area contributed by atoms with Crippen LogP contribution in [-0.4, -0.2) is 78.4 Å². The molecule has 40 heavy (non-hydrogen) atoms. The maximum atomic E-state index is 6.23. The van der Waals surface area contributed by atoms with Crippen LogP contribution in [0.25, 0.3) is 0 Å². The molecule has 0 radical (unpaired) electrons. The number of hydrazone groups is 1. The number of aryl methyl sites for hydroxylation is 1. The van der Waals surface area contributed by atoms with Gasteiger partial charge in [-0.05, 0) is 44.0 Å². The smallest absolute Gasteiger partial charge is 0.155 e. The second kappa shape index (κ2) is 13.8. The maximum Gasteiger partial charge on any atom is 0.155 e. The van der Waals surface area contributed by atoms with Gasteiger partial charge in [-0.1, -0.05) is 68.8 Å². The van der Waals surface area contributed by atoms with Crippen molar-refractivity contribution in [2.24, 2.45) is 26.7 Å². The molecule has 2 unspecified atom stereocenters. The molecule has 0 aromatic heterocycles. The predicted octanol–water partition coefficient (Wildman–Crippen LogP) is 3.91. The molecule has 6 rings (SSSR count). The first-order chi connectivity index (χ1) is 19.5. The Morgan fingerprint density at radius 2 is 1.80 bits per heavy atom. The fraction of sp³-hybridized carbons (Fsp3) is 0.387. The second-order valence-corrected chi connectivity index (χ2v) is 9.75.